The highest BCUT2D eigenvalue weighted by molar-refractivity contribution is 5.75. The third kappa shape index (κ3) is 4.08. The lowest BCUT2D eigenvalue weighted by Gasteiger charge is -2.46. The van der Waals surface area contributed by atoms with Crippen molar-refractivity contribution in [1.29, 1.82) is 0 Å². The summed E-state index contributed by atoms with van der Waals surface area (Å²) in [6.07, 6.45) is 0.797. The largest absolute Gasteiger partial charge is 0.488 e. The molecule has 0 spiro atoms. The molecular weight excluding hydrogens is 364 g/mol. The maximum absolute atomic E-state index is 12.4. The maximum Gasteiger partial charge on any atom is 0.311 e. The van der Waals surface area contributed by atoms with Gasteiger partial charge in [0.15, 0.2) is 12.2 Å². The number of hydrogen-bond donors (Lipinski definition) is 0. The zero-order valence-electron chi connectivity index (χ0n) is 17.1. The van der Waals surface area contributed by atoms with Gasteiger partial charge in [0.2, 0.25) is 0 Å². The molecule has 1 aliphatic carbocycles. The van der Waals surface area contributed by atoms with E-state index in [2.05, 4.69) is 0 Å². The topological polar surface area (TPSA) is 88.1 Å². The molecule has 0 aromatic carbocycles. The third-order valence-electron chi connectivity index (χ3n) is 5.12. The lowest BCUT2D eigenvalue weighted by Crippen LogP contribution is -2.55. The van der Waals surface area contributed by atoms with Crippen LogP contribution in [0.2, 0.25) is 0 Å². The minimum absolute atomic E-state index is 0.130. The molecular formula is C21H28O7. The number of hydrogen-bond acceptors (Lipinski definition) is 7. The summed E-state index contributed by atoms with van der Waals surface area (Å²) in [7, 11) is 0. The van der Waals surface area contributed by atoms with E-state index in [1.807, 2.05) is 13.8 Å². The molecule has 0 fully saturated rings. The Morgan fingerprint density at radius 2 is 1.82 bits per heavy atom. The molecule has 28 heavy (non-hydrogen) atoms. The Morgan fingerprint density at radius 1 is 1.14 bits per heavy atom. The van der Waals surface area contributed by atoms with E-state index in [0.29, 0.717) is 36.4 Å². The normalized spacial score (nSPS) is 26.1. The van der Waals surface area contributed by atoms with Crippen molar-refractivity contribution in [3.8, 4) is 0 Å². The van der Waals surface area contributed by atoms with Gasteiger partial charge in [0.1, 0.15) is 17.1 Å². The van der Waals surface area contributed by atoms with E-state index < -0.39 is 23.8 Å². The van der Waals surface area contributed by atoms with Crippen LogP contribution in [0.5, 0.6) is 0 Å². The predicted octanol–water partition coefficient (Wildman–Crippen LogP) is 3.32. The number of carbonyl (C=O) groups is 3. The van der Waals surface area contributed by atoms with Crippen LogP contribution in [0.15, 0.2) is 22.7 Å². The summed E-state index contributed by atoms with van der Waals surface area (Å²) in [5, 5.41) is 0. The van der Waals surface area contributed by atoms with Crippen LogP contribution in [-0.2, 0) is 33.3 Å². The van der Waals surface area contributed by atoms with E-state index in [1.54, 1.807) is 13.8 Å². The zero-order valence-corrected chi connectivity index (χ0v) is 17.1. The van der Waals surface area contributed by atoms with E-state index >= 15 is 0 Å². The van der Waals surface area contributed by atoms with Crippen molar-refractivity contribution in [2.45, 2.75) is 84.5 Å². The summed E-state index contributed by atoms with van der Waals surface area (Å²) >= 11 is 0. The Kier molecular flexibility index (Phi) is 5.55. The minimum atomic E-state index is -0.900. The van der Waals surface area contributed by atoms with E-state index in [4.69, 9.17) is 18.9 Å². The molecule has 7 nitrogen and oxygen atoms in total. The van der Waals surface area contributed by atoms with Crippen LogP contribution in [0.4, 0.5) is 0 Å². The van der Waals surface area contributed by atoms with E-state index in [-0.39, 0.29) is 24.3 Å². The van der Waals surface area contributed by atoms with Gasteiger partial charge in [-0.15, -0.1) is 0 Å². The molecule has 0 saturated heterocycles. The van der Waals surface area contributed by atoms with Gasteiger partial charge in [-0.25, -0.2) is 0 Å². The number of carbonyl (C=O) groups excluding carboxylic acids is 3. The molecule has 0 amide bonds. The second kappa shape index (κ2) is 7.60. The van der Waals surface area contributed by atoms with Crippen molar-refractivity contribution in [3.63, 3.8) is 0 Å². The standard InChI is InChI=1S/C21H28O7/c1-11(2)10-16(24)27-20-19(25-12(3)22)17-14(28-21(20,4)5)8-6-13-7-9-15(23)26-18(13)17/h11,19-20H,6-10H2,1-5H3/t19-,20-/m1/s1. The fourth-order valence-electron chi connectivity index (χ4n) is 3.92. The van der Waals surface area contributed by atoms with Gasteiger partial charge in [-0.3, -0.25) is 14.4 Å². The van der Waals surface area contributed by atoms with Crippen molar-refractivity contribution in [1.82, 2.24) is 0 Å². The summed E-state index contributed by atoms with van der Waals surface area (Å²) in [5.41, 5.74) is 0.625. The van der Waals surface area contributed by atoms with Crippen LogP contribution >= 0.6 is 0 Å². The van der Waals surface area contributed by atoms with Crippen LogP contribution in [0.25, 0.3) is 0 Å². The molecule has 0 unspecified atom stereocenters. The van der Waals surface area contributed by atoms with Crippen molar-refractivity contribution in [2.24, 2.45) is 5.92 Å². The maximum atomic E-state index is 12.4. The molecule has 2 atom stereocenters. The average molecular weight is 392 g/mol. The summed E-state index contributed by atoms with van der Waals surface area (Å²) < 4.78 is 23.1. The number of allylic oxidation sites excluding steroid dienone is 2. The van der Waals surface area contributed by atoms with Gasteiger partial charge in [-0.05, 0) is 38.2 Å². The van der Waals surface area contributed by atoms with Gasteiger partial charge >= 0.3 is 17.9 Å². The summed E-state index contributed by atoms with van der Waals surface area (Å²) in [6.45, 7) is 8.76. The Morgan fingerprint density at radius 3 is 2.46 bits per heavy atom. The average Bonchev–Trinajstić information content (AvgIpc) is 2.56. The van der Waals surface area contributed by atoms with Crippen molar-refractivity contribution in [3.05, 3.63) is 22.7 Å². The molecule has 7 heteroatoms. The number of ether oxygens (including phenoxy) is 4. The van der Waals surface area contributed by atoms with Gasteiger partial charge < -0.3 is 18.9 Å². The fraction of sp³-hybridized carbons (Fsp3) is 0.667. The Balaban J connectivity index is 2.02. The van der Waals surface area contributed by atoms with Gasteiger partial charge in [-0.2, -0.15) is 0 Å². The van der Waals surface area contributed by atoms with E-state index in [1.165, 1.54) is 6.92 Å². The first kappa shape index (κ1) is 20.4. The van der Waals surface area contributed by atoms with Crippen molar-refractivity contribution < 1.29 is 33.3 Å². The van der Waals surface area contributed by atoms with E-state index in [9.17, 15) is 14.4 Å². The first-order valence-corrected chi connectivity index (χ1v) is 9.80. The molecule has 3 rings (SSSR count). The highest BCUT2D eigenvalue weighted by Gasteiger charge is 2.52. The SMILES string of the molecule is CC(=O)O[C@@H]1C2=C(CCC3=C2OC(=O)CC3)OC(C)(C)[C@@H]1OC(=O)CC(C)C. The van der Waals surface area contributed by atoms with Crippen LogP contribution < -0.4 is 0 Å². The molecule has 0 radical (unpaired) electrons. The molecule has 2 heterocycles. The minimum Gasteiger partial charge on any atom is -0.488 e. The van der Waals surface area contributed by atoms with Gasteiger partial charge in [0.05, 0.1) is 5.57 Å². The van der Waals surface area contributed by atoms with Crippen LogP contribution in [0.3, 0.4) is 0 Å². The molecule has 3 aliphatic rings. The summed E-state index contributed by atoms with van der Waals surface area (Å²) in [5.74, 6) is -0.0412. The van der Waals surface area contributed by atoms with Gasteiger partial charge in [0.25, 0.3) is 0 Å². The molecule has 0 aromatic rings. The van der Waals surface area contributed by atoms with Gasteiger partial charge in [-0.1, -0.05) is 13.8 Å². The number of rotatable bonds is 4. The molecule has 0 saturated carbocycles. The summed E-state index contributed by atoms with van der Waals surface area (Å²) in [6, 6.07) is 0. The first-order valence-electron chi connectivity index (χ1n) is 9.80. The Labute approximate surface area is 165 Å². The second-order valence-electron chi connectivity index (χ2n) is 8.49. The molecule has 0 N–H and O–H groups in total. The predicted molar refractivity (Wildman–Crippen MR) is 98.7 cm³/mol. The Hall–Kier alpha value is -2.31. The highest BCUT2D eigenvalue weighted by atomic mass is 16.6. The number of esters is 3. The Bertz CT molecular complexity index is 757. The van der Waals surface area contributed by atoms with Crippen molar-refractivity contribution in [2.75, 3.05) is 0 Å². The molecule has 0 aromatic heterocycles. The highest BCUT2D eigenvalue weighted by Crippen LogP contribution is 2.46. The molecule has 0 bridgehead atoms. The van der Waals surface area contributed by atoms with E-state index in [0.717, 1.165) is 12.0 Å². The third-order valence-corrected chi connectivity index (χ3v) is 5.12. The lowest BCUT2D eigenvalue weighted by molar-refractivity contribution is -0.193. The van der Waals surface area contributed by atoms with Crippen molar-refractivity contribution >= 4 is 17.9 Å². The quantitative estimate of drug-likeness (QED) is 0.536. The van der Waals surface area contributed by atoms with Gasteiger partial charge in [0, 0.05) is 26.2 Å². The fourth-order valence-corrected chi connectivity index (χ4v) is 3.92. The van der Waals surface area contributed by atoms with Crippen LogP contribution in [0.1, 0.15) is 66.7 Å². The first-order chi connectivity index (χ1) is 13.1. The zero-order chi connectivity index (χ0) is 20.6. The lowest BCUT2D eigenvalue weighted by atomic mass is 9.81. The van der Waals surface area contributed by atoms with Crippen LogP contribution in [0, 0.1) is 5.92 Å². The molecule has 154 valence electrons. The monoisotopic (exact) mass is 392 g/mol. The number of fused-ring (bicyclic) bond motifs is 1. The second-order valence-corrected chi connectivity index (χ2v) is 8.49. The smallest absolute Gasteiger partial charge is 0.311 e. The van der Waals surface area contributed by atoms with Crippen LogP contribution in [-0.4, -0.2) is 35.7 Å². The molecule has 2 aliphatic heterocycles. The summed E-state index contributed by atoms with van der Waals surface area (Å²) in [4.78, 5) is 36.2.